The summed E-state index contributed by atoms with van der Waals surface area (Å²) in [6.07, 6.45) is 1.55. The number of hydrogen-bond donors (Lipinski definition) is 1. The van der Waals surface area contributed by atoms with Crippen molar-refractivity contribution in [2.45, 2.75) is 19.4 Å². The van der Waals surface area contributed by atoms with Gasteiger partial charge in [-0.2, -0.15) is 0 Å². The van der Waals surface area contributed by atoms with E-state index in [1.165, 1.54) is 23.5 Å². The van der Waals surface area contributed by atoms with Crippen LogP contribution in [0.25, 0.3) is 0 Å². The lowest BCUT2D eigenvalue weighted by atomic mass is 9.97. The second kappa shape index (κ2) is 9.75. The minimum Gasteiger partial charge on any atom is -0.489 e. The molecular weight excluding hydrogens is 415 g/mol. The number of ether oxygens (including phenoxy) is 1. The Morgan fingerprint density at radius 3 is 2.74 bits per heavy atom. The lowest BCUT2D eigenvalue weighted by Crippen LogP contribution is -2.43. The van der Waals surface area contributed by atoms with E-state index in [2.05, 4.69) is 5.32 Å². The standard InChI is InChI=1S/C24H23FN2O3S/c25-19-10-8-17(9-11-19)16-30-21-6-1-5-20(14-21)26-23(28)18-4-2-12-27(15-18)24(29)22-7-3-13-31-22/h1,3,5-11,13-14,18H,2,4,12,15-16H2,(H,26,28). The Hall–Kier alpha value is -3.19. The second-order valence-corrected chi connectivity index (χ2v) is 8.45. The number of hydrogen-bond acceptors (Lipinski definition) is 4. The molecule has 1 aliphatic rings. The van der Waals surface area contributed by atoms with E-state index in [1.54, 1.807) is 35.2 Å². The maximum absolute atomic E-state index is 13.0. The summed E-state index contributed by atoms with van der Waals surface area (Å²) in [4.78, 5) is 27.9. The van der Waals surface area contributed by atoms with Gasteiger partial charge in [0.1, 0.15) is 18.2 Å². The number of nitrogens with zero attached hydrogens (tertiary/aromatic N) is 1. The summed E-state index contributed by atoms with van der Waals surface area (Å²) >= 11 is 1.42. The average molecular weight is 439 g/mol. The Morgan fingerprint density at radius 2 is 1.97 bits per heavy atom. The summed E-state index contributed by atoms with van der Waals surface area (Å²) in [5, 5.41) is 4.83. The molecule has 2 aromatic carbocycles. The Labute approximate surface area is 184 Å². The molecule has 160 valence electrons. The summed E-state index contributed by atoms with van der Waals surface area (Å²) in [7, 11) is 0. The maximum Gasteiger partial charge on any atom is 0.263 e. The smallest absolute Gasteiger partial charge is 0.263 e. The van der Waals surface area contributed by atoms with Crippen molar-refractivity contribution in [2.24, 2.45) is 5.92 Å². The molecule has 1 saturated heterocycles. The van der Waals surface area contributed by atoms with E-state index in [-0.39, 0.29) is 23.5 Å². The van der Waals surface area contributed by atoms with Gasteiger partial charge in [-0.1, -0.05) is 24.3 Å². The van der Waals surface area contributed by atoms with Gasteiger partial charge in [-0.25, -0.2) is 4.39 Å². The van der Waals surface area contributed by atoms with Crippen LogP contribution in [0.5, 0.6) is 5.75 Å². The van der Waals surface area contributed by atoms with Crippen LogP contribution < -0.4 is 10.1 Å². The van der Waals surface area contributed by atoms with Crippen LogP contribution in [0.4, 0.5) is 10.1 Å². The molecule has 3 aromatic rings. The Kier molecular flexibility index (Phi) is 6.62. The first kappa shape index (κ1) is 21.1. The summed E-state index contributed by atoms with van der Waals surface area (Å²) in [5.74, 6) is -0.0309. The number of nitrogens with one attached hydrogen (secondary N) is 1. The number of anilines is 1. The predicted octanol–water partition coefficient (Wildman–Crippen LogP) is 4.96. The van der Waals surface area contributed by atoms with Crippen molar-refractivity contribution >= 4 is 28.8 Å². The number of rotatable bonds is 6. The minimum absolute atomic E-state index is 0.0105. The second-order valence-electron chi connectivity index (χ2n) is 7.50. The predicted molar refractivity (Wildman–Crippen MR) is 119 cm³/mol. The van der Waals surface area contributed by atoms with Crippen LogP contribution in [-0.4, -0.2) is 29.8 Å². The van der Waals surface area contributed by atoms with E-state index in [0.29, 0.717) is 36.0 Å². The fraction of sp³-hybridized carbons (Fsp3) is 0.250. The number of carbonyl (C=O) groups excluding carboxylic acids is 2. The van der Waals surface area contributed by atoms with Gasteiger partial charge >= 0.3 is 0 Å². The van der Waals surface area contributed by atoms with Crippen LogP contribution in [-0.2, 0) is 11.4 Å². The highest BCUT2D eigenvalue weighted by molar-refractivity contribution is 7.12. The molecule has 0 radical (unpaired) electrons. The third-order valence-electron chi connectivity index (χ3n) is 5.23. The van der Waals surface area contributed by atoms with Crippen molar-refractivity contribution in [1.82, 2.24) is 4.90 Å². The SMILES string of the molecule is O=C(Nc1cccc(OCc2ccc(F)cc2)c1)C1CCCN(C(=O)c2cccs2)C1. The Morgan fingerprint density at radius 1 is 1.13 bits per heavy atom. The number of carbonyl (C=O) groups is 2. The highest BCUT2D eigenvalue weighted by atomic mass is 32.1. The molecule has 1 fully saturated rings. The van der Waals surface area contributed by atoms with E-state index in [1.807, 2.05) is 23.6 Å². The fourth-order valence-electron chi connectivity index (χ4n) is 3.59. The van der Waals surface area contributed by atoms with Crippen molar-refractivity contribution in [3.05, 3.63) is 82.3 Å². The molecule has 0 saturated carbocycles. The first-order valence-electron chi connectivity index (χ1n) is 10.2. The van der Waals surface area contributed by atoms with Crippen LogP contribution in [0.3, 0.4) is 0 Å². The van der Waals surface area contributed by atoms with Crippen LogP contribution in [0.15, 0.2) is 66.0 Å². The summed E-state index contributed by atoms with van der Waals surface area (Å²) in [6.45, 7) is 1.40. The molecule has 1 aliphatic heterocycles. The third-order valence-corrected chi connectivity index (χ3v) is 6.09. The molecule has 1 atom stereocenters. The van der Waals surface area contributed by atoms with E-state index in [4.69, 9.17) is 4.74 Å². The monoisotopic (exact) mass is 438 g/mol. The first-order valence-corrected chi connectivity index (χ1v) is 11.1. The Bertz CT molecular complexity index is 1040. The minimum atomic E-state index is -0.285. The first-order chi connectivity index (χ1) is 15.1. The van der Waals surface area contributed by atoms with Crippen LogP contribution in [0.2, 0.25) is 0 Å². The highest BCUT2D eigenvalue weighted by Crippen LogP contribution is 2.24. The van der Waals surface area contributed by atoms with Gasteiger partial charge in [-0.3, -0.25) is 9.59 Å². The van der Waals surface area contributed by atoms with E-state index >= 15 is 0 Å². The van der Waals surface area contributed by atoms with Crippen molar-refractivity contribution < 1.29 is 18.7 Å². The van der Waals surface area contributed by atoms with Gasteiger partial charge < -0.3 is 15.0 Å². The zero-order valence-electron chi connectivity index (χ0n) is 16.9. The number of halogens is 1. The van der Waals surface area contributed by atoms with E-state index in [9.17, 15) is 14.0 Å². The molecule has 0 bridgehead atoms. The number of piperidine rings is 1. The van der Waals surface area contributed by atoms with Gasteiger partial charge in [0.2, 0.25) is 5.91 Å². The van der Waals surface area contributed by atoms with Gasteiger partial charge in [-0.05, 0) is 54.1 Å². The van der Waals surface area contributed by atoms with E-state index in [0.717, 1.165) is 18.4 Å². The molecular formula is C24H23FN2O3S. The van der Waals surface area contributed by atoms with E-state index < -0.39 is 0 Å². The van der Waals surface area contributed by atoms with Gasteiger partial charge in [0.15, 0.2) is 0 Å². The Balaban J connectivity index is 1.34. The largest absolute Gasteiger partial charge is 0.489 e. The normalized spacial score (nSPS) is 16.0. The number of benzene rings is 2. The van der Waals surface area contributed by atoms with Crippen LogP contribution >= 0.6 is 11.3 Å². The highest BCUT2D eigenvalue weighted by Gasteiger charge is 2.29. The van der Waals surface area contributed by atoms with Gasteiger partial charge in [0.05, 0.1) is 10.8 Å². The quantitative estimate of drug-likeness (QED) is 0.592. The molecule has 2 amide bonds. The summed E-state index contributed by atoms with van der Waals surface area (Å²) in [5.41, 5.74) is 1.50. The number of likely N-dealkylation sites (tertiary alicyclic amines) is 1. The molecule has 1 unspecified atom stereocenters. The molecule has 31 heavy (non-hydrogen) atoms. The molecule has 1 N–H and O–H groups in total. The molecule has 2 heterocycles. The molecule has 1 aromatic heterocycles. The van der Waals surface area contributed by atoms with Crippen LogP contribution in [0, 0.1) is 11.7 Å². The molecule has 0 spiro atoms. The van der Waals surface area contributed by atoms with Gasteiger partial charge in [-0.15, -0.1) is 11.3 Å². The fourth-order valence-corrected chi connectivity index (χ4v) is 4.28. The third kappa shape index (κ3) is 5.49. The van der Waals surface area contributed by atoms with Crippen molar-refractivity contribution in [1.29, 1.82) is 0 Å². The molecule has 4 rings (SSSR count). The number of amides is 2. The zero-order valence-corrected chi connectivity index (χ0v) is 17.7. The topological polar surface area (TPSA) is 58.6 Å². The maximum atomic E-state index is 13.0. The lowest BCUT2D eigenvalue weighted by molar-refractivity contribution is -0.121. The molecule has 7 heteroatoms. The van der Waals surface area contributed by atoms with Crippen molar-refractivity contribution in [3.8, 4) is 5.75 Å². The zero-order chi connectivity index (χ0) is 21.6. The number of thiophene rings is 1. The lowest BCUT2D eigenvalue weighted by Gasteiger charge is -2.31. The van der Waals surface area contributed by atoms with Crippen molar-refractivity contribution in [3.63, 3.8) is 0 Å². The van der Waals surface area contributed by atoms with Crippen LogP contribution in [0.1, 0.15) is 28.1 Å². The van der Waals surface area contributed by atoms with Gasteiger partial charge in [0, 0.05) is 24.8 Å². The average Bonchev–Trinajstić information content (AvgIpc) is 3.33. The molecule has 5 nitrogen and oxygen atoms in total. The summed E-state index contributed by atoms with van der Waals surface area (Å²) in [6, 6.07) is 17.0. The summed E-state index contributed by atoms with van der Waals surface area (Å²) < 4.78 is 18.8. The molecule has 0 aliphatic carbocycles. The van der Waals surface area contributed by atoms with Crippen molar-refractivity contribution in [2.75, 3.05) is 18.4 Å². The van der Waals surface area contributed by atoms with Gasteiger partial charge in [0.25, 0.3) is 5.91 Å².